The summed E-state index contributed by atoms with van der Waals surface area (Å²) in [6.07, 6.45) is -1.81. The number of nitrogens with one attached hydrogen (secondary N) is 1. The zero-order chi connectivity index (χ0) is 22.5. The Morgan fingerprint density at radius 2 is 1.82 bits per heavy atom. The van der Waals surface area contributed by atoms with Gasteiger partial charge in [-0.15, -0.1) is 0 Å². The van der Waals surface area contributed by atoms with Crippen molar-refractivity contribution in [1.29, 1.82) is 0 Å². The molecule has 0 radical (unpaired) electrons. The molecule has 2 aromatic heterocycles. The third-order valence-corrected chi connectivity index (χ3v) is 6.27. The topological polar surface area (TPSA) is 89.5 Å². The normalized spacial score (nSPS) is 24.3. The molecule has 0 unspecified atom stereocenters. The molecule has 168 valence electrons. The van der Waals surface area contributed by atoms with Gasteiger partial charge in [-0.1, -0.05) is 54.1 Å². The smallest absolute Gasteiger partial charge is 0.296 e. The second kappa shape index (κ2) is 8.07. The van der Waals surface area contributed by atoms with Crippen LogP contribution < -0.4 is 4.74 Å². The highest BCUT2D eigenvalue weighted by Gasteiger charge is 2.48. The zero-order valence-electron chi connectivity index (χ0n) is 17.2. The van der Waals surface area contributed by atoms with Crippen LogP contribution in [0.1, 0.15) is 0 Å². The number of fused-ring (bicyclic) bond motifs is 2. The molecule has 2 N–H and O–H groups in total. The number of hydrogen-bond donors (Lipinski definition) is 2. The van der Waals surface area contributed by atoms with E-state index in [1.54, 1.807) is 18.2 Å². The predicted molar refractivity (Wildman–Crippen MR) is 120 cm³/mol. The summed E-state index contributed by atoms with van der Waals surface area (Å²) in [5, 5.41) is 10.2. The molecule has 7 nitrogen and oxygen atoms in total. The number of hydrogen-bond acceptors (Lipinski definition) is 6. The second-order valence-corrected chi connectivity index (χ2v) is 8.52. The number of imidazole rings is 1. The van der Waals surface area contributed by atoms with Crippen molar-refractivity contribution in [1.82, 2.24) is 15.0 Å². The molecule has 0 aliphatic carbocycles. The number of aliphatic hydroxyl groups is 1. The number of benzene rings is 2. The summed E-state index contributed by atoms with van der Waals surface area (Å²) in [6, 6.07) is 16.2. The van der Waals surface area contributed by atoms with Gasteiger partial charge in [0, 0.05) is 11.1 Å². The SMILES string of the molecule is O[C@@H]1CO[C@H]2[C@@H]1OC[C@H]2Oc1nc2nc(-c3ccc(-c4ccccc4)c(F)c3)c(Cl)cc2[nH]1. The fourth-order valence-corrected chi connectivity index (χ4v) is 4.62. The molecule has 2 aliphatic rings. The number of rotatable bonds is 4. The molecule has 0 saturated carbocycles. The Morgan fingerprint density at radius 3 is 2.64 bits per heavy atom. The number of ether oxygens (including phenoxy) is 3. The monoisotopic (exact) mass is 467 g/mol. The Morgan fingerprint density at radius 1 is 1.00 bits per heavy atom. The first-order chi connectivity index (χ1) is 16.1. The van der Waals surface area contributed by atoms with E-state index >= 15 is 0 Å². The number of H-pyrrole nitrogens is 1. The molecule has 4 atom stereocenters. The van der Waals surface area contributed by atoms with Crippen LogP contribution in [0.4, 0.5) is 4.39 Å². The molecule has 2 aliphatic heterocycles. The Hall–Kier alpha value is -3.04. The van der Waals surface area contributed by atoms with Crippen LogP contribution in [0.15, 0.2) is 54.6 Å². The lowest BCUT2D eigenvalue weighted by Crippen LogP contribution is -2.34. The third kappa shape index (κ3) is 3.65. The lowest BCUT2D eigenvalue weighted by Gasteiger charge is -2.15. The molecular weight excluding hydrogens is 449 g/mol. The summed E-state index contributed by atoms with van der Waals surface area (Å²) in [7, 11) is 0. The van der Waals surface area contributed by atoms with Crippen LogP contribution in [0.3, 0.4) is 0 Å². The summed E-state index contributed by atoms with van der Waals surface area (Å²) >= 11 is 6.47. The largest absolute Gasteiger partial charge is 0.456 e. The van der Waals surface area contributed by atoms with Crippen molar-refractivity contribution in [3.8, 4) is 28.4 Å². The van der Waals surface area contributed by atoms with Gasteiger partial charge in [0.1, 0.15) is 24.1 Å². The maximum atomic E-state index is 14.9. The first-order valence-electron chi connectivity index (χ1n) is 10.6. The van der Waals surface area contributed by atoms with E-state index in [-0.39, 0.29) is 31.1 Å². The minimum atomic E-state index is -0.657. The van der Waals surface area contributed by atoms with Gasteiger partial charge in [-0.25, -0.2) is 9.37 Å². The molecule has 33 heavy (non-hydrogen) atoms. The van der Waals surface area contributed by atoms with Gasteiger partial charge in [0.2, 0.25) is 0 Å². The van der Waals surface area contributed by atoms with Gasteiger partial charge < -0.3 is 24.3 Å². The highest BCUT2D eigenvalue weighted by molar-refractivity contribution is 6.33. The van der Waals surface area contributed by atoms with Gasteiger partial charge in [-0.2, -0.15) is 4.98 Å². The lowest BCUT2D eigenvalue weighted by molar-refractivity contribution is 0.00706. The number of halogens is 2. The van der Waals surface area contributed by atoms with E-state index in [0.29, 0.717) is 33.0 Å². The van der Waals surface area contributed by atoms with E-state index in [1.807, 2.05) is 30.3 Å². The van der Waals surface area contributed by atoms with Gasteiger partial charge in [0.05, 0.1) is 29.4 Å². The van der Waals surface area contributed by atoms with E-state index in [4.69, 9.17) is 25.8 Å². The Balaban J connectivity index is 1.29. The van der Waals surface area contributed by atoms with Crippen LogP contribution in [0, 0.1) is 5.82 Å². The van der Waals surface area contributed by atoms with Crippen molar-refractivity contribution < 1.29 is 23.7 Å². The Bertz CT molecular complexity index is 1330. The van der Waals surface area contributed by atoms with Crippen molar-refractivity contribution in [2.75, 3.05) is 13.2 Å². The molecule has 0 spiro atoms. The van der Waals surface area contributed by atoms with Gasteiger partial charge in [0.15, 0.2) is 11.8 Å². The van der Waals surface area contributed by atoms with E-state index in [0.717, 1.165) is 5.56 Å². The molecule has 2 fully saturated rings. The Labute approximate surface area is 193 Å². The summed E-state index contributed by atoms with van der Waals surface area (Å²) < 4.78 is 32.0. The minimum Gasteiger partial charge on any atom is -0.456 e. The highest BCUT2D eigenvalue weighted by Crippen LogP contribution is 2.34. The first kappa shape index (κ1) is 20.6. The van der Waals surface area contributed by atoms with Crippen LogP contribution in [-0.2, 0) is 9.47 Å². The van der Waals surface area contributed by atoms with Gasteiger partial charge in [-0.05, 0) is 17.7 Å². The van der Waals surface area contributed by atoms with Crippen LogP contribution in [-0.4, -0.2) is 57.7 Å². The van der Waals surface area contributed by atoms with E-state index < -0.39 is 18.3 Å². The highest BCUT2D eigenvalue weighted by atomic mass is 35.5. The van der Waals surface area contributed by atoms with Gasteiger partial charge in [-0.3, -0.25) is 0 Å². The summed E-state index contributed by atoms with van der Waals surface area (Å²) in [4.78, 5) is 12.0. The molecule has 0 amide bonds. The molecule has 4 heterocycles. The Kier molecular flexibility index (Phi) is 5.03. The quantitative estimate of drug-likeness (QED) is 0.471. The van der Waals surface area contributed by atoms with Crippen molar-refractivity contribution in [2.24, 2.45) is 0 Å². The van der Waals surface area contributed by atoms with E-state index in [9.17, 15) is 9.50 Å². The molecule has 4 aromatic rings. The van der Waals surface area contributed by atoms with Crippen molar-refractivity contribution in [2.45, 2.75) is 24.4 Å². The zero-order valence-corrected chi connectivity index (χ0v) is 18.0. The van der Waals surface area contributed by atoms with Crippen LogP contribution in [0.2, 0.25) is 5.02 Å². The van der Waals surface area contributed by atoms with Crippen LogP contribution in [0.5, 0.6) is 6.01 Å². The summed E-state index contributed by atoms with van der Waals surface area (Å²) in [5.41, 5.74) is 3.24. The summed E-state index contributed by atoms with van der Waals surface area (Å²) in [5.74, 6) is -0.364. The second-order valence-electron chi connectivity index (χ2n) is 8.11. The predicted octanol–water partition coefficient (Wildman–Crippen LogP) is 3.99. The number of pyridine rings is 1. The van der Waals surface area contributed by atoms with E-state index in [2.05, 4.69) is 15.0 Å². The molecule has 9 heteroatoms. The van der Waals surface area contributed by atoms with Gasteiger partial charge >= 0.3 is 0 Å². The molecule has 2 saturated heterocycles. The number of aliphatic hydroxyl groups excluding tert-OH is 1. The number of aromatic nitrogens is 3. The maximum absolute atomic E-state index is 14.9. The van der Waals surface area contributed by atoms with Gasteiger partial charge in [0.25, 0.3) is 6.01 Å². The fourth-order valence-electron chi connectivity index (χ4n) is 4.36. The third-order valence-electron chi connectivity index (χ3n) is 5.98. The van der Waals surface area contributed by atoms with Crippen molar-refractivity contribution >= 4 is 22.8 Å². The minimum absolute atomic E-state index is 0.218. The molecule has 6 rings (SSSR count). The molecule has 0 bridgehead atoms. The van der Waals surface area contributed by atoms with Crippen LogP contribution >= 0.6 is 11.6 Å². The lowest BCUT2D eigenvalue weighted by atomic mass is 10.0. The molecular formula is C24H19ClFN3O4. The van der Waals surface area contributed by atoms with E-state index in [1.165, 1.54) is 6.07 Å². The summed E-state index contributed by atoms with van der Waals surface area (Å²) in [6.45, 7) is 0.505. The standard InChI is InChI=1S/C24H19ClFN3O4/c25-15-9-17-23(29-24(27-17)33-19-11-32-21-18(30)10-31-22(19)21)28-20(15)13-6-7-14(16(26)8-13)12-4-2-1-3-5-12/h1-9,18-19,21-22,30H,10-11H2,(H,27,28,29)/t18-,19-,21-,22-/m1/s1. The van der Waals surface area contributed by atoms with Crippen molar-refractivity contribution in [3.63, 3.8) is 0 Å². The maximum Gasteiger partial charge on any atom is 0.296 e. The average Bonchev–Trinajstić information content (AvgIpc) is 3.50. The average molecular weight is 468 g/mol. The first-order valence-corrected chi connectivity index (χ1v) is 10.9. The van der Waals surface area contributed by atoms with Crippen LogP contribution in [0.25, 0.3) is 33.5 Å². The molecule has 2 aromatic carbocycles. The van der Waals surface area contributed by atoms with Crippen molar-refractivity contribution in [3.05, 3.63) is 65.4 Å². The fraction of sp³-hybridized carbons (Fsp3) is 0.250. The number of aromatic amines is 1. The number of nitrogens with zero attached hydrogens (tertiary/aromatic N) is 2.